The predicted octanol–water partition coefficient (Wildman–Crippen LogP) is 2.29. The van der Waals surface area contributed by atoms with Gasteiger partial charge in [-0.25, -0.2) is 4.98 Å². The molecule has 0 radical (unpaired) electrons. The van der Waals surface area contributed by atoms with Gasteiger partial charge in [0.2, 0.25) is 5.91 Å². The van der Waals surface area contributed by atoms with Crippen molar-refractivity contribution >= 4 is 16.9 Å². The molecule has 3 rings (SSSR count). The lowest BCUT2D eigenvalue weighted by Gasteiger charge is -2.16. The highest BCUT2D eigenvalue weighted by Gasteiger charge is 2.20. The highest BCUT2D eigenvalue weighted by molar-refractivity contribution is 5.81. The maximum atomic E-state index is 12.4. The SMILES string of the molecule is CCc1ccc2c(c1)nc(CC#N)n2CC(=O)N1CCCC1. The summed E-state index contributed by atoms with van der Waals surface area (Å²) in [6.45, 7) is 4.07. The summed E-state index contributed by atoms with van der Waals surface area (Å²) in [5.41, 5.74) is 3.03. The number of benzene rings is 1. The van der Waals surface area contributed by atoms with Crippen LogP contribution in [0.5, 0.6) is 0 Å². The summed E-state index contributed by atoms with van der Waals surface area (Å²) in [6, 6.07) is 8.28. The van der Waals surface area contributed by atoms with Crippen LogP contribution in [0.1, 0.15) is 31.2 Å². The lowest BCUT2D eigenvalue weighted by molar-refractivity contribution is -0.130. The molecule has 2 heterocycles. The second kappa shape index (κ2) is 6.18. The van der Waals surface area contributed by atoms with Crippen molar-refractivity contribution in [2.45, 2.75) is 39.2 Å². The number of imidazole rings is 1. The Morgan fingerprint density at radius 2 is 2.14 bits per heavy atom. The Bertz CT molecular complexity index is 735. The first-order chi connectivity index (χ1) is 10.7. The second-order valence-electron chi connectivity index (χ2n) is 5.71. The van der Waals surface area contributed by atoms with Gasteiger partial charge in [0, 0.05) is 13.1 Å². The highest BCUT2D eigenvalue weighted by atomic mass is 16.2. The minimum Gasteiger partial charge on any atom is -0.341 e. The summed E-state index contributed by atoms with van der Waals surface area (Å²) in [4.78, 5) is 18.9. The molecule has 1 aromatic carbocycles. The van der Waals surface area contributed by atoms with E-state index in [0.717, 1.165) is 43.4 Å². The summed E-state index contributed by atoms with van der Waals surface area (Å²) in [6.07, 6.45) is 3.34. The summed E-state index contributed by atoms with van der Waals surface area (Å²) in [5, 5.41) is 9.02. The van der Waals surface area contributed by atoms with Crippen molar-refractivity contribution < 1.29 is 4.79 Å². The monoisotopic (exact) mass is 296 g/mol. The van der Waals surface area contributed by atoms with Crippen LogP contribution in [0.3, 0.4) is 0 Å². The number of aryl methyl sites for hydroxylation is 1. The maximum Gasteiger partial charge on any atom is 0.242 e. The van der Waals surface area contributed by atoms with Crippen molar-refractivity contribution in [3.63, 3.8) is 0 Å². The summed E-state index contributed by atoms with van der Waals surface area (Å²) >= 11 is 0. The van der Waals surface area contributed by atoms with Crippen LogP contribution >= 0.6 is 0 Å². The average Bonchev–Trinajstić information content (AvgIpc) is 3.16. The zero-order chi connectivity index (χ0) is 15.5. The van der Waals surface area contributed by atoms with Crippen molar-refractivity contribution in [3.8, 4) is 6.07 Å². The number of nitrogens with zero attached hydrogens (tertiary/aromatic N) is 4. The van der Waals surface area contributed by atoms with Gasteiger partial charge >= 0.3 is 0 Å². The molecule has 1 fully saturated rings. The number of nitriles is 1. The minimum atomic E-state index is 0.121. The van der Waals surface area contributed by atoms with E-state index in [1.54, 1.807) is 0 Å². The Labute approximate surface area is 130 Å². The zero-order valence-electron chi connectivity index (χ0n) is 12.9. The van der Waals surface area contributed by atoms with Crippen LogP contribution in [-0.2, 0) is 24.2 Å². The lowest BCUT2D eigenvalue weighted by Crippen LogP contribution is -2.31. The number of fused-ring (bicyclic) bond motifs is 1. The number of carbonyl (C=O) groups excluding carboxylic acids is 1. The van der Waals surface area contributed by atoms with Gasteiger partial charge in [0.25, 0.3) is 0 Å². The molecule has 1 amide bonds. The van der Waals surface area contributed by atoms with Crippen molar-refractivity contribution in [1.29, 1.82) is 5.26 Å². The third kappa shape index (κ3) is 2.69. The first kappa shape index (κ1) is 14.6. The van der Waals surface area contributed by atoms with Gasteiger partial charge in [-0.05, 0) is 37.0 Å². The standard InChI is InChI=1S/C17H20N4O/c1-2-13-5-6-15-14(11-13)19-16(7-8-18)21(15)12-17(22)20-9-3-4-10-20/h5-6,11H,2-4,7,9-10,12H2,1H3. The van der Waals surface area contributed by atoms with E-state index in [1.165, 1.54) is 5.56 Å². The van der Waals surface area contributed by atoms with E-state index < -0.39 is 0 Å². The molecule has 2 aromatic rings. The number of hydrogen-bond acceptors (Lipinski definition) is 3. The number of aromatic nitrogens is 2. The molecule has 0 aliphatic carbocycles. The Hall–Kier alpha value is -2.35. The molecule has 1 aliphatic rings. The quantitative estimate of drug-likeness (QED) is 0.869. The first-order valence-corrected chi connectivity index (χ1v) is 7.85. The number of carbonyl (C=O) groups is 1. The molecule has 22 heavy (non-hydrogen) atoms. The van der Waals surface area contributed by atoms with Crippen molar-refractivity contribution in [1.82, 2.24) is 14.5 Å². The van der Waals surface area contributed by atoms with Gasteiger partial charge in [0.15, 0.2) is 0 Å². The predicted molar refractivity (Wildman–Crippen MR) is 84.2 cm³/mol. The summed E-state index contributed by atoms with van der Waals surface area (Å²) < 4.78 is 1.90. The van der Waals surface area contributed by atoms with Gasteiger partial charge in [-0.15, -0.1) is 0 Å². The fraction of sp³-hybridized carbons (Fsp3) is 0.471. The average molecular weight is 296 g/mol. The zero-order valence-corrected chi connectivity index (χ0v) is 12.9. The van der Waals surface area contributed by atoms with Crippen LogP contribution in [0.15, 0.2) is 18.2 Å². The Morgan fingerprint density at radius 1 is 1.36 bits per heavy atom. The first-order valence-electron chi connectivity index (χ1n) is 7.85. The largest absolute Gasteiger partial charge is 0.341 e. The molecule has 114 valence electrons. The molecule has 0 unspecified atom stereocenters. The molecule has 1 saturated heterocycles. The molecule has 0 spiro atoms. The van der Waals surface area contributed by atoms with Gasteiger partial charge < -0.3 is 9.47 Å². The van der Waals surface area contributed by atoms with Gasteiger partial charge in [-0.1, -0.05) is 13.0 Å². The van der Waals surface area contributed by atoms with Gasteiger partial charge in [0.05, 0.1) is 23.5 Å². The molecule has 0 bridgehead atoms. The van der Waals surface area contributed by atoms with E-state index in [9.17, 15) is 4.79 Å². The van der Waals surface area contributed by atoms with E-state index >= 15 is 0 Å². The molecular formula is C17H20N4O. The van der Waals surface area contributed by atoms with E-state index in [-0.39, 0.29) is 18.9 Å². The van der Waals surface area contributed by atoms with Crippen molar-refractivity contribution in [2.75, 3.05) is 13.1 Å². The van der Waals surface area contributed by atoms with E-state index in [0.29, 0.717) is 5.82 Å². The van der Waals surface area contributed by atoms with Crippen LogP contribution < -0.4 is 0 Å². The number of rotatable bonds is 4. The van der Waals surface area contributed by atoms with Gasteiger partial charge in [0.1, 0.15) is 12.4 Å². The molecule has 0 saturated carbocycles. The van der Waals surface area contributed by atoms with E-state index in [4.69, 9.17) is 5.26 Å². The third-order valence-corrected chi connectivity index (χ3v) is 4.29. The fourth-order valence-corrected chi connectivity index (χ4v) is 3.03. The number of hydrogen-bond donors (Lipinski definition) is 0. The Balaban J connectivity index is 1.96. The normalized spacial score (nSPS) is 14.5. The van der Waals surface area contributed by atoms with Gasteiger partial charge in [-0.3, -0.25) is 4.79 Å². The fourth-order valence-electron chi connectivity index (χ4n) is 3.03. The lowest BCUT2D eigenvalue weighted by atomic mass is 10.1. The molecule has 1 aromatic heterocycles. The Kier molecular flexibility index (Phi) is 4.10. The molecule has 1 aliphatic heterocycles. The third-order valence-electron chi connectivity index (χ3n) is 4.29. The molecule has 0 atom stereocenters. The maximum absolute atomic E-state index is 12.4. The molecule has 5 nitrogen and oxygen atoms in total. The van der Waals surface area contributed by atoms with Crippen LogP contribution in [0, 0.1) is 11.3 Å². The second-order valence-corrected chi connectivity index (χ2v) is 5.71. The summed E-state index contributed by atoms with van der Waals surface area (Å²) in [7, 11) is 0. The van der Waals surface area contributed by atoms with E-state index in [1.807, 2.05) is 21.6 Å². The topological polar surface area (TPSA) is 61.9 Å². The highest BCUT2D eigenvalue weighted by Crippen LogP contribution is 2.20. The number of amides is 1. The van der Waals surface area contributed by atoms with E-state index in [2.05, 4.69) is 24.0 Å². The van der Waals surface area contributed by atoms with Gasteiger partial charge in [-0.2, -0.15) is 5.26 Å². The van der Waals surface area contributed by atoms with Crippen molar-refractivity contribution in [2.24, 2.45) is 0 Å². The smallest absolute Gasteiger partial charge is 0.242 e. The molecule has 5 heteroatoms. The Morgan fingerprint density at radius 3 is 2.82 bits per heavy atom. The van der Waals surface area contributed by atoms with Crippen LogP contribution in [0.25, 0.3) is 11.0 Å². The summed E-state index contributed by atoms with van der Waals surface area (Å²) in [5.74, 6) is 0.800. The van der Waals surface area contributed by atoms with Crippen LogP contribution in [0.4, 0.5) is 0 Å². The van der Waals surface area contributed by atoms with Crippen LogP contribution in [-0.4, -0.2) is 33.4 Å². The molecular weight excluding hydrogens is 276 g/mol. The number of likely N-dealkylation sites (tertiary alicyclic amines) is 1. The van der Waals surface area contributed by atoms with Crippen LogP contribution in [0.2, 0.25) is 0 Å². The minimum absolute atomic E-state index is 0.121. The molecule has 0 N–H and O–H groups in total. The van der Waals surface area contributed by atoms with Crippen molar-refractivity contribution in [3.05, 3.63) is 29.6 Å².